The molecular weight excluding hydrogens is 335 g/mol. The lowest BCUT2D eigenvalue weighted by Gasteiger charge is -2.47. The maximum absolute atomic E-state index is 12.7. The maximum Gasteiger partial charge on any atom is 0.416 e. The molecule has 0 spiro atoms. The first-order valence-corrected chi connectivity index (χ1v) is 7.92. The van der Waals surface area contributed by atoms with Gasteiger partial charge < -0.3 is 14.7 Å². The first-order valence-electron chi connectivity index (χ1n) is 7.92. The van der Waals surface area contributed by atoms with Gasteiger partial charge in [-0.05, 0) is 30.3 Å². The van der Waals surface area contributed by atoms with E-state index in [0.717, 1.165) is 12.1 Å². The Balaban J connectivity index is 1.75. The van der Waals surface area contributed by atoms with Crippen LogP contribution in [0.15, 0.2) is 36.9 Å². The van der Waals surface area contributed by atoms with E-state index < -0.39 is 11.7 Å². The molecule has 5 nitrogen and oxygen atoms in total. The van der Waals surface area contributed by atoms with Gasteiger partial charge in [-0.15, -0.1) is 0 Å². The molecular formula is C17H18F3N3O2. The lowest BCUT2D eigenvalue weighted by Crippen LogP contribution is -2.65. The van der Waals surface area contributed by atoms with Gasteiger partial charge in [0, 0.05) is 31.9 Å². The number of alkyl halides is 3. The summed E-state index contributed by atoms with van der Waals surface area (Å²) in [4.78, 5) is 29.3. The Hall–Kier alpha value is -2.51. The van der Waals surface area contributed by atoms with Crippen molar-refractivity contribution in [3.8, 4) is 0 Å². The van der Waals surface area contributed by atoms with Gasteiger partial charge in [-0.2, -0.15) is 13.2 Å². The van der Waals surface area contributed by atoms with Crippen molar-refractivity contribution in [1.82, 2.24) is 9.80 Å². The Labute approximate surface area is 143 Å². The lowest BCUT2D eigenvalue weighted by molar-refractivity contribution is -0.141. The van der Waals surface area contributed by atoms with Crippen LogP contribution in [-0.4, -0.2) is 60.4 Å². The molecule has 0 radical (unpaired) electrons. The molecule has 0 unspecified atom stereocenters. The number of hydrogen-bond donors (Lipinski definition) is 0. The number of anilines is 1. The molecule has 2 fully saturated rings. The highest BCUT2D eigenvalue weighted by Crippen LogP contribution is 2.31. The van der Waals surface area contributed by atoms with Crippen LogP contribution in [0.3, 0.4) is 0 Å². The van der Waals surface area contributed by atoms with Crippen molar-refractivity contribution < 1.29 is 22.8 Å². The number of amides is 2. The average molecular weight is 353 g/mol. The van der Waals surface area contributed by atoms with E-state index in [9.17, 15) is 22.8 Å². The van der Waals surface area contributed by atoms with Crippen LogP contribution < -0.4 is 4.90 Å². The van der Waals surface area contributed by atoms with Crippen molar-refractivity contribution in [3.63, 3.8) is 0 Å². The molecule has 3 rings (SSSR count). The first-order chi connectivity index (χ1) is 11.8. The Morgan fingerprint density at radius 3 is 2.44 bits per heavy atom. The number of carbonyl (C=O) groups is 2. The zero-order valence-corrected chi connectivity index (χ0v) is 13.5. The summed E-state index contributed by atoms with van der Waals surface area (Å²) in [6, 6.07) is 4.60. The normalized spacial score (nSPS) is 21.2. The molecule has 2 saturated heterocycles. The molecule has 8 heteroatoms. The minimum atomic E-state index is -4.39. The molecule has 0 saturated carbocycles. The van der Waals surface area contributed by atoms with E-state index in [1.165, 1.54) is 18.2 Å². The minimum Gasteiger partial charge on any atom is -0.360 e. The summed E-state index contributed by atoms with van der Waals surface area (Å²) in [6.07, 6.45) is -3.14. The van der Waals surface area contributed by atoms with E-state index in [2.05, 4.69) is 6.58 Å². The summed E-state index contributed by atoms with van der Waals surface area (Å²) in [5.74, 6) is -0.263. The van der Waals surface area contributed by atoms with Gasteiger partial charge in [0.05, 0.1) is 18.2 Å². The van der Waals surface area contributed by atoms with E-state index in [1.807, 2.05) is 0 Å². The van der Waals surface area contributed by atoms with Crippen LogP contribution in [0.1, 0.15) is 5.56 Å². The number of benzene rings is 1. The van der Waals surface area contributed by atoms with Gasteiger partial charge in [0.2, 0.25) is 11.8 Å². The predicted octanol–water partition coefficient (Wildman–Crippen LogP) is 1.75. The Morgan fingerprint density at radius 1 is 1.16 bits per heavy atom. The number of carbonyl (C=O) groups excluding carboxylic acids is 2. The summed E-state index contributed by atoms with van der Waals surface area (Å²) >= 11 is 0. The summed E-state index contributed by atoms with van der Waals surface area (Å²) in [5.41, 5.74) is -0.158. The van der Waals surface area contributed by atoms with Gasteiger partial charge in [-0.3, -0.25) is 9.59 Å². The predicted molar refractivity (Wildman–Crippen MR) is 85.9 cm³/mol. The molecule has 2 aliphatic heterocycles. The fourth-order valence-electron chi connectivity index (χ4n) is 3.30. The maximum atomic E-state index is 12.7. The Morgan fingerprint density at radius 2 is 1.84 bits per heavy atom. The van der Waals surface area contributed by atoms with E-state index in [0.29, 0.717) is 31.9 Å². The van der Waals surface area contributed by atoms with Gasteiger partial charge in [0.25, 0.3) is 0 Å². The van der Waals surface area contributed by atoms with Crippen LogP contribution in [0.2, 0.25) is 0 Å². The SMILES string of the molecule is C=CC(=O)N1CCN2C(=O)CN(c3ccc(C(F)(F)F)cc3)C[C@@H]2C1. The third-order valence-electron chi connectivity index (χ3n) is 4.61. The van der Waals surface area contributed by atoms with Crippen molar-refractivity contribution >= 4 is 17.5 Å². The van der Waals surface area contributed by atoms with Crippen LogP contribution in [-0.2, 0) is 15.8 Å². The monoisotopic (exact) mass is 353 g/mol. The van der Waals surface area contributed by atoms with Crippen molar-refractivity contribution in [2.24, 2.45) is 0 Å². The third-order valence-corrected chi connectivity index (χ3v) is 4.61. The van der Waals surface area contributed by atoms with Gasteiger partial charge >= 0.3 is 6.18 Å². The number of nitrogens with zero attached hydrogens (tertiary/aromatic N) is 3. The number of halogens is 3. The summed E-state index contributed by atoms with van der Waals surface area (Å²) in [5, 5.41) is 0. The number of piperazine rings is 2. The van der Waals surface area contributed by atoms with Gasteiger partial charge in [0.1, 0.15) is 0 Å². The Bertz CT molecular complexity index is 687. The van der Waals surface area contributed by atoms with E-state index in [-0.39, 0.29) is 24.4 Å². The van der Waals surface area contributed by atoms with Crippen LogP contribution in [0.4, 0.5) is 18.9 Å². The zero-order valence-electron chi connectivity index (χ0n) is 13.5. The second-order valence-electron chi connectivity index (χ2n) is 6.15. The summed E-state index contributed by atoms with van der Waals surface area (Å²) in [7, 11) is 0. The molecule has 0 aromatic heterocycles. The van der Waals surface area contributed by atoms with Crippen LogP contribution >= 0.6 is 0 Å². The molecule has 0 bridgehead atoms. The van der Waals surface area contributed by atoms with Crippen molar-refractivity contribution in [2.75, 3.05) is 37.6 Å². The van der Waals surface area contributed by atoms with Crippen molar-refractivity contribution in [1.29, 1.82) is 0 Å². The molecule has 2 amide bonds. The average Bonchev–Trinajstić information content (AvgIpc) is 2.59. The molecule has 134 valence electrons. The van der Waals surface area contributed by atoms with Crippen LogP contribution in [0, 0.1) is 0 Å². The van der Waals surface area contributed by atoms with E-state index in [1.54, 1.807) is 14.7 Å². The molecule has 1 aromatic carbocycles. The molecule has 1 atom stereocenters. The highest BCUT2D eigenvalue weighted by atomic mass is 19.4. The largest absolute Gasteiger partial charge is 0.416 e. The van der Waals surface area contributed by atoms with Crippen molar-refractivity contribution in [3.05, 3.63) is 42.5 Å². The van der Waals surface area contributed by atoms with Crippen LogP contribution in [0.5, 0.6) is 0 Å². The highest BCUT2D eigenvalue weighted by Gasteiger charge is 2.37. The topological polar surface area (TPSA) is 43.9 Å². The molecule has 25 heavy (non-hydrogen) atoms. The van der Waals surface area contributed by atoms with Gasteiger partial charge in [0.15, 0.2) is 0 Å². The summed E-state index contributed by atoms with van der Waals surface area (Å²) < 4.78 is 38.0. The standard InChI is InChI=1S/C17H18F3N3O2/c1-2-15(24)21-7-8-23-14(9-21)10-22(11-16(23)25)13-5-3-12(4-6-13)17(18,19)20/h2-6,14H,1,7-11H2/t14-/m0/s1. The first kappa shape index (κ1) is 17.3. The fraction of sp³-hybridized carbons (Fsp3) is 0.412. The number of hydrogen-bond acceptors (Lipinski definition) is 3. The third kappa shape index (κ3) is 3.47. The molecule has 2 heterocycles. The lowest BCUT2D eigenvalue weighted by atomic mass is 10.1. The molecule has 2 aliphatic rings. The number of fused-ring (bicyclic) bond motifs is 1. The molecule has 0 N–H and O–H groups in total. The zero-order chi connectivity index (χ0) is 18.2. The Kier molecular flexibility index (Phi) is 4.45. The smallest absolute Gasteiger partial charge is 0.360 e. The molecule has 1 aromatic rings. The number of rotatable bonds is 2. The minimum absolute atomic E-state index is 0.0816. The fourth-order valence-corrected chi connectivity index (χ4v) is 3.30. The summed E-state index contributed by atoms with van der Waals surface area (Å²) in [6.45, 7) is 5.39. The highest BCUT2D eigenvalue weighted by molar-refractivity contribution is 5.88. The van der Waals surface area contributed by atoms with Crippen molar-refractivity contribution in [2.45, 2.75) is 12.2 Å². The second kappa shape index (κ2) is 6.42. The van der Waals surface area contributed by atoms with Crippen LogP contribution in [0.25, 0.3) is 0 Å². The second-order valence-corrected chi connectivity index (χ2v) is 6.15. The molecule has 0 aliphatic carbocycles. The van der Waals surface area contributed by atoms with E-state index >= 15 is 0 Å². The van der Waals surface area contributed by atoms with Gasteiger partial charge in [-0.1, -0.05) is 6.58 Å². The quantitative estimate of drug-likeness (QED) is 0.761. The van der Waals surface area contributed by atoms with Gasteiger partial charge in [-0.25, -0.2) is 0 Å². The van der Waals surface area contributed by atoms with E-state index in [4.69, 9.17) is 0 Å².